The third-order valence-electron chi connectivity index (χ3n) is 4.11. The molecule has 0 bridgehead atoms. The van der Waals surface area contributed by atoms with Gasteiger partial charge in [0.05, 0.1) is 5.41 Å². The Morgan fingerprint density at radius 3 is 2.35 bits per heavy atom. The van der Waals surface area contributed by atoms with Crippen molar-refractivity contribution in [1.29, 1.82) is 0 Å². The van der Waals surface area contributed by atoms with E-state index in [0.717, 1.165) is 25.8 Å². The predicted octanol–water partition coefficient (Wildman–Crippen LogP) is 0.500. The molecule has 3 N–H and O–H groups in total. The van der Waals surface area contributed by atoms with E-state index in [1.165, 1.54) is 0 Å². The summed E-state index contributed by atoms with van der Waals surface area (Å²) >= 11 is 0. The molecule has 2 rings (SSSR count). The number of hydrogen-bond donors (Lipinski definition) is 3. The van der Waals surface area contributed by atoms with Crippen LogP contribution in [0, 0.1) is 5.41 Å². The Morgan fingerprint density at radius 2 is 1.94 bits per heavy atom. The van der Waals surface area contributed by atoms with Crippen molar-refractivity contribution in [3.05, 3.63) is 0 Å². The molecular formula is C12H20N2O3. The topological polar surface area (TPSA) is 78.4 Å². The number of hydrogen-bond acceptors (Lipinski definition) is 3. The highest BCUT2D eigenvalue weighted by atomic mass is 16.4. The van der Waals surface area contributed by atoms with Crippen LogP contribution in [-0.4, -0.2) is 35.6 Å². The average Bonchev–Trinajstić information content (AvgIpc) is 2.23. The Morgan fingerprint density at radius 1 is 1.24 bits per heavy atom. The number of rotatable bonds is 3. The minimum Gasteiger partial charge on any atom is -0.480 e. The van der Waals surface area contributed by atoms with Gasteiger partial charge in [-0.1, -0.05) is 0 Å². The Hall–Kier alpha value is -1.10. The van der Waals surface area contributed by atoms with E-state index in [4.69, 9.17) is 0 Å². The van der Waals surface area contributed by atoms with E-state index in [-0.39, 0.29) is 5.91 Å². The summed E-state index contributed by atoms with van der Waals surface area (Å²) in [5.41, 5.74) is -1.45. The highest BCUT2D eigenvalue weighted by Crippen LogP contribution is 2.34. The second kappa shape index (κ2) is 4.29. The number of carboxylic acid groups (broad SMARTS) is 1. The number of carbonyl (C=O) groups is 2. The molecule has 0 spiro atoms. The van der Waals surface area contributed by atoms with Crippen molar-refractivity contribution < 1.29 is 14.7 Å². The number of carboxylic acids is 1. The van der Waals surface area contributed by atoms with Crippen molar-refractivity contribution in [2.45, 2.75) is 44.6 Å². The molecule has 17 heavy (non-hydrogen) atoms. The molecule has 2 fully saturated rings. The summed E-state index contributed by atoms with van der Waals surface area (Å²) in [6.45, 7) is 3.48. The molecule has 5 nitrogen and oxygen atoms in total. The van der Waals surface area contributed by atoms with E-state index in [9.17, 15) is 14.7 Å². The molecule has 1 aliphatic carbocycles. The smallest absolute Gasteiger partial charge is 0.329 e. The summed E-state index contributed by atoms with van der Waals surface area (Å²) in [5, 5.41) is 15.1. The first-order chi connectivity index (χ1) is 7.99. The second-order valence-corrected chi connectivity index (χ2v) is 5.54. The zero-order valence-electron chi connectivity index (χ0n) is 10.2. The zero-order chi connectivity index (χ0) is 12.5. The summed E-state index contributed by atoms with van der Waals surface area (Å²) in [5.74, 6) is -1.02. The Labute approximate surface area is 101 Å². The van der Waals surface area contributed by atoms with Crippen LogP contribution in [0.1, 0.15) is 39.0 Å². The van der Waals surface area contributed by atoms with Crippen LogP contribution in [0.3, 0.4) is 0 Å². The van der Waals surface area contributed by atoms with Gasteiger partial charge in [0.25, 0.3) is 0 Å². The molecule has 5 heteroatoms. The van der Waals surface area contributed by atoms with Gasteiger partial charge in [-0.15, -0.1) is 0 Å². The minimum atomic E-state index is -0.989. The average molecular weight is 240 g/mol. The maximum Gasteiger partial charge on any atom is 0.329 e. The standard InChI is InChI=1S/C12H20N2O3/c1-11(4-3-7-13-8-11)9(15)14-12(10(16)17)5-2-6-12/h13H,2-8H2,1H3,(H,14,15)(H,16,17). The lowest BCUT2D eigenvalue weighted by atomic mass is 9.74. The van der Waals surface area contributed by atoms with E-state index in [0.29, 0.717) is 19.4 Å². The van der Waals surface area contributed by atoms with Crippen LogP contribution in [0.15, 0.2) is 0 Å². The highest BCUT2D eigenvalue weighted by Gasteiger charge is 2.48. The molecule has 1 saturated carbocycles. The molecule has 1 heterocycles. The van der Waals surface area contributed by atoms with Crippen LogP contribution < -0.4 is 10.6 Å². The molecule has 1 aliphatic heterocycles. The van der Waals surface area contributed by atoms with Crippen molar-refractivity contribution in [1.82, 2.24) is 10.6 Å². The van der Waals surface area contributed by atoms with E-state index < -0.39 is 16.9 Å². The highest BCUT2D eigenvalue weighted by molar-refractivity contribution is 5.90. The van der Waals surface area contributed by atoms with Crippen LogP contribution >= 0.6 is 0 Å². The summed E-state index contributed by atoms with van der Waals surface area (Å²) in [7, 11) is 0. The first-order valence-electron chi connectivity index (χ1n) is 6.25. The summed E-state index contributed by atoms with van der Waals surface area (Å²) in [4.78, 5) is 23.4. The number of amides is 1. The summed E-state index contributed by atoms with van der Waals surface area (Å²) < 4.78 is 0. The molecule has 0 aromatic rings. The third kappa shape index (κ3) is 2.16. The lowest BCUT2D eigenvalue weighted by Crippen LogP contribution is -2.63. The fourth-order valence-corrected chi connectivity index (χ4v) is 2.54. The quantitative estimate of drug-likeness (QED) is 0.671. The normalized spacial score (nSPS) is 31.4. The molecule has 1 amide bonds. The van der Waals surface area contributed by atoms with Gasteiger partial charge in [-0.25, -0.2) is 4.79 Å². The van der Waals surface area contributed by atoms with Crippen molar-refractivity contribution in [3.63, 3.8) is 0 Å². The fourth-order valence-electron chi connectivity index (χ4n) is 2.54. The minimum absolute atomic E-state index is 0.119. The maximum absolute atomic E-state index is 12.2. The fraction of sp³-hybridized carbons (Fsp3) is 0.833. The first kappa shape index (κ1) is 12.4. The molecule has 2 aliphatic rings. The summed E-state index contributed by atoms with van der Waals surface area (Å²) in [6, 6.07) is 0. The lowest BCUT2D eigenvalue weighted by molar-refractivity contribution is -0.154. The number of piperidine rings is 1. The number of aliphatic carboxylic acids is 1. The predicted molar refractivity (Wildman–Crippen MR) is 62.6 cm³/mol. The van der Waals surface area contributed by atoms with Gasteiger partial charge in [-0.2, -0.15) is 0 Å². The largest absolute Gasteiger partial charge is 0.480 e. The Balaban J connectivity index is 2.02. The number of nitrogens with one attached hydrogen (secondary N) is 2. The molecule has 0 aromatic carbocycles. The Bertz CT molecular complexity index is 331. The van der Waals surface area contributed by atoms with E-state index in [2.05, 4.69) is 10.6 Å². The van der Waals surface area contributed by atoms with Gasteiger partial charge in [0.1, 0.15) is 5.54 Å². The zero-order valence-corrected chi connectivity index (χ0v) is 10.2. The SMILES string of the molecule is CC1(C(=O)NC2(C(=O)O)CCC2)CCCNC1. The molecule has 96 valence electrons. The van der Waals surface area contributed by atoms with Crippen LogP contribution in [0.25, 0.3) is 0 Å². The Kier molecular flexibility index (Phi) is 3.12. The second-order valence-electron chi connectivity index (χ2n) is 5.54. The van der Waals surface area contributed by atoms with E-state index >= 15 is 0 Å². The monoisotopic (exact) mass is 240 g/mol. The van der Waals surface area contributed by atoms with Crippen LogP contribution in [0.5, 0.6) is 0 Å². The van der Waals surface area contributed by atoms with Crippen LogP contribution in [0.2, 0.25) is 0 Å². The summed E-state index contributed by atoms with van der Waals surface area (Å²) in [6.07, 6.45) is 3.77. The third-order valence-corrected chi connectivity index (χ3v) is 4.11. The lowest BCUT2D eigenvalue weighted by Gasteiger charge is -2.42. The molecule has 1 atom stereocenters. The molecule has 0 aromatic heterocycles. The van der Waals surface area contributed by atoms with Gasteiger partial charge in [-0.05, 0) is 45.6 Å². The molecule has 0 radical (unpaired) electrons. The molecule has 1 unspecified atom stereocenters. The van der Waals surface area contributed by atoms with Gasteiger partial charge < -0.3 is 15.7 Å². The van der Waals surface area contributed by atoms with Gasteiger partial charge in [0.15, 0.2) is 0 Å². The van der Waals surface area contributed by atoms with Gasteiger partial charge in [0.2, 0.25) is 5.91 Å². The number of carbonyl (C=O) groups excluding carboxylic acids is 1. The van der Waals surface area contributed by atoms with Crippen molar-refractivity contribution in [2.24, 2.45) is 5.41 Å². The van der Waals surface area contributed by atoms with Gasteiger partial charge in [0, 0.05) is 6.54 Å². The molecular weight excluding hydrogens is 220 g/mol. The molecule has 1 saturated heterocycles. The van der Waals surface area contributed by atoms with E-state index in [1.54, 1.807) is 0 Å². The van der Waals surface area contributed by atoms with Gasteiger partial charge >= 0.3 is 5.97 Å². The van der Waals surface area contributed by atoms with Crippen molar-refractivity contribution in [3.8, 4) is 0 Å². The van der Waals surface area contributed by atoms with Crippen molar-refractivity contribution >= 4 is 11.9 Å². The van der Waals surface area contributed by atoms with Crippen LogP contribution in [0.4, 0.5) is 0 Å². The van der Waals surface area contributed by atoms with E-state index in [1.807, 2.05) is 6.92 Å². The van der Waals surface area contributed by atoms with Crippen molar-refractivity contribution in [2.75, 3.05) is 13.1 Å². The first-order valence-corrected chi connectivity index (χ1v) is 6.25. The van der Waals surface area contributed by atoms with Crippen LogP contribution in [-0.2, 0) is 9.59 Å². The maximum atomic E-state index is 12.2. The van der Waals surface area contributed by atoms with Gasteiger partial charge in [-0.3, -0.25) is 4.79 Å².